The van der Waals surface area contributed by atoms with E-state index in [9.17, 15) is 0 Å². The molecule has 0 amide bonds. The topological polar surface area (TPSA) is 15.3 Å². The second-order valence-corrected chi connectivity index (χ2v) is 6.58. The molecule has 2 heteroatoms. The lowest BCUT2D eigenvalue weighted by Crippen LogP contribution is -2.63. The van der Waals surface area contributed by atoms with Crippen molar-refractivity contribution >= 4 is 0 Å². The van der Waals surface area contributed by atoms with E-state index in [2.05, 4.69) is 37.9 Å². The SMILES string of the molecule is CCCCCCCN1CC(CCC)NCC1(C)CC. The van der Waals surface area contributed by atoms with Gasteiger partial charge < -0.3 is 5.32 Å². The van der Waals surface area contributed by atoms with Crippen LogP contribution < -0.4 is 5.32 Å². The highest BCUT2D eigenvalue weighted by Crippen LogP contribution is 2.24. The van der Waals surface area contributed by atoms with Crippen molar-refractivity contribution in [2.75, 3.05) is 19.6 Å². The minimum absolute atomic E-state index is 0.384. The van der Waals surface area contributed by atoms with Crippen molar-refractivity contribution in [3.05, 3.63) is 0 Å². The van der Waals surface area contributed by atoms with Gasteiger partial charge in [-0.2, -0.15) is 0 Å². The minimum atomic E-state index is 0.384. The van der Waals surface area contributed by atoms with Gasteiger partial charge in [0.25, 0.3) is 0 Å². The summed E-state index contributed by atoms with van der Waals surface area (Å²) >= 11 is 0. The highest BCUT2D eigenvalue weighted by Gasteiger charge is 2.35. The molecule has 0 bridgehead atoms. The van der Waals surface area contributed by atoms with Gasteiger partial charge in [-0.25, -0.2) is 0 Å². The maximum absolute atomic E-state index is 3.76. The predicted octanol–water partition coefficient (Wildman–Crippen LogP) is 4.20. The molecule has 0 aromatic heterocycles. The Bertz CT molecular complexity index is 229. The fourth-order valence-corrected chi connectivity index (χ4v) is 3.18. The van der Waals surface area contributed by atoms with Crippen LogP contribution in [0.25, 0.3) is 0 Å². The van der Waals surface area contributed by atoms with Crippen LogP contribution in [0.2, 0.25) is 0 Å². The zero-order chi connectivity index (χ0) is 14.1. The summed E-state index contributed by atoms with van der Waals surface area (Å²) in [6.07, 6.45) is 10.9. The number of unbranched alkanes of at least 4 members (excludes halogenated alkanes) is 4. The molecule has 2 nitrogen and oxygen atoms in total. The first-order valence-electron chi connectivity index (χ1n) is 8.64. The maximum atomic E-state index is 3.76. The molecule has 114 valence electrons. The van der Waals surface area contributed by atoms with Gasteiger partial charge in [0.1, 0.15) is 0 Å². The molecule has 1 heterocycles. The number of nitrogens with one attached hydrogen (secondary N) is 1. The lowest BCUT2D eigenvalue weighted by molar-refractivity contribution is 0.0453. The molecule has 0 radical (unpaired) electrons. The van der Waals surface area contributed by atoms with Crippen molar-refractivity contribution in [2.24, 2.45) is 0 Å². The van der Waals surface area contributed by atoms with E-state index in [1.54, 1.807) is 0 Å². The number of nitrogens with zero attached hydrogens (tertiary/aromatic N) is 1. The number of rotatable bonds is 9. The number of hydrogen-bond donors (Lipinski definition) is 1. The van der Waals surface area contributed by atoms with E-state index in [1.165, 1.54) is 71.0 Å². The largest absolute Gasteiger partial charge is 0.311 e. The molecule has 1 N–H and O–H groups in total. The summed E-state index contributed by atoms with van der Waals surface area (Å²) in [5.74, 6) is 0. The van der Waals surface area contributed by atoms with E-state index >= 15 is 0 Å². The first kappa shape index (κ1) is 17.0. The zero-order valence-electron chi connectivity index (χ0n) is 13.8. The molecule has 0 aromatic carbocycles. The van der Waals surface area contributed by atoms with Gasteiger partial charge in [-0.15, -0.1) is 0 Å². The molecule has 0 spiro atoms. The molecule has 1 aliphatic heterocycles. The molecule has 1 rings (SSSR count). The Morgan fingerprint density at radius 3 is 2.42 bits per heavy atom. The fourth-order valence-electron chi connectivity index (χ4n) is 3.18. The quantitative estimate of drug-likeness (QED) is 0.631. The van der Waals surface area contributed by atoms with Crippen LogP contribution in [0, 0.1) is 0 Å². The van der Waals surface area contributed by atoms with E-state index in [4.69, 9.17) is 0 Å². The van der Waals surface area contributed by atoms with Crippen molar-refractivity contribution < 1.29 is 0 Å². The molecular weight excluding hydrogens is 232 g/mol. The summed E-state index contributed by atoms with van der Waals surface area (Å²) in [5.41, 5.74) is 0.384. The van der Waals surface area contributed by atoms with Gasteiger partial charge >= 0.3 is 0 Å². The van der Waals surface area contributed by atoms with Crippen LogP contribution in [0.5, 0.6) is 0 Å². The lowest BCUT2D eigenvalue weighted by Gasteiger charge is -2.48. The van der Waals surface area contributed by atoms with E-state index in [-0.39, 0.29) is 0 Å². The first-order valence-corrected chi connectivity index (χ1v) is 8.64. The molecule has 1 saturated heterocycles. The average Bonchev–Trinajstić information content (AvgIpc) is 2.42. The average molecular weight is 268 g/mol. The van der Waals surface area contributed by atoms with Crippen molar-refractivity contribution in [2.45, 2.75) is 90.6 Å². The third kappa shape index (κ3) is 5.43. The maximum Gasteiger partial charge on any atom is 0.0303 e. The summed E-state index contributed by atoms with van der Waals surface area (Å²) in [6, 6.07) is 0.722. The molecule has 2 unspecified atom stereocenters. The minimum Gasteiger partial charge on any atom is -0.311 e. The molecule has 0 saturated carbocycles. The van der Waals surface area contributed by atoms with Crippen LogP contribution in [-0.4, -0.2) is 36.1 Å². The van der Waals surface area contributed by atoms with Crippen molar-refractivity contribution in [3.8, 4) is 0 Å². The smallest absolute Gasteiger partial charge is 0.0303 e. The summed E-state index contributed by atoms with van der Waals surface area (Å²) in [4.78, 5) is 2.77. The van der Waals surface area contributed by atoms with Crippen molar-refractivity contribution in [1.82, 2.24) is 10.2 Å². The van der Waals surface area contributed by atoms with Crippen LogP contribution in [0.3, 0.4) is 0 Å². The standard InChI is InChI=1S/C17H36N2/c1-5-8-9-10-11-13-19-14-16(12-6-2)18-15-17(19,4)7-3/h16,18H,5-15H2,1-4H3. The second-order valence-electron chi connectivity index (χ2n) is 6.58. The third-order valence-corrected chi connectivity index (χ3v) is 4.91. The highest BCUT2D eigenvalue weighted by molar-refractivity contribution is 4.94. The van der Waals surface area contributed by atoms with Crippen LogP contribution in [0.15, 0.2) is 0 Å². The molecule has 19 heavy (non-hydrogen) atoms. The van der Waals surface area contributed by atoms with Gasteiger partial charge in [0.15, 0.2) is 0 Å². The molecule has 0 aromatic rings. The van der Waals surface area contributed by atoms with Crippen molar-refractivity contribution in [3.63, 3.8) is 0 Å². The molecule has 2 atom stereocenters. The van der Waals surface area contributed by atoms with Gasteiger partial charge in [-0.05, 0) is 32.7 Å². The summed E-state index contributed by atoms with van der Waals surface area (Å²) in [5, 5.41) is 3.76. The molecule has 0 aliphatic carbocycles. The third-order valence-electron chi connectivity index (χ3n) is 4.91. The van der Waals surface area contributed by atoms with Gasteiger partial charge in [0.2, 0.25) is 0 Å². The highest BCUT2D eigenvalue weighted by atomic mass is 15.3. The summed E-state index contributed by atoms with van der Waals surface area (Å²) in [6.45, 7) is 13.1. The number of hydrogen-bond acceptors (Lipinski definition) is 2. The van der Waals surface area contributed by atoms with Crippen LogP contribution in [0.1, 0.15) is 79.1 Å². The Kier molecular flexibility index (Phi) is 8.01. The van der Waals surface area contributed by atoms with Gasteiger partial charge in [-0.1, -0.05) is 52.9 Å². The molecule has 1 aliphatic rings. The monoisotopic (exact) mass is 268 g/mol. The lowest BCUT2D eigenvalue weighted by atomic mass is 9.90. The second kappa shape index (κ2) is 8.97. The normalized spacial score (nSPS) is 28.7. The Hall–Kier alpha value is -0.0800. The summed E-state index contributed by atoms with van der Waals surface area (Å²) in [7, 11) is 0. The predicted molar refractivity (Wildman–Crippen MR) is 85.7 cm³/mol. The molecule has 1 fully saturated rings. The molecular formula is C17H36N2. The van der Waals surface area contributed by atoms with Gasteiger partial charge in [-0.3, -0.25) is 4.90 Å². The van der Waals surface area contributed by atoms with Gasteiger partial charge in [0.05, 0.1) is 0 Å². The van der Waals surface area contributed by atoms with Crippen LogP contribution >= 0.6 is 0 Å². The zero-order valence-corrected chi connectivity index (χ0v) is 13.8. The first-order chi connectivity index (χ1) is 9.16. The van der Waals surface area contributed by atoms with E-state index in [0.29, 0.717) is 5.54 Å². The number of piperazine rings is 1. The van der Waals surface area contributed by atoms with Crippen LogP contribution in [0.4, 0.5) is 0 Å². The Morgan fingerprint density at radius 1 is 1.05 bits per heavy atom. The van der Waals surface area contributed by atoms with Crippen LogP contribution in [-0.2, 0) is 0 Å². The Labute approximate surface area is 121 Å². The van der Waals surface area contributed by atoms with E-state index < -0.39 is 0 Å². The Balaban J connectivity index is 2.39. The van der Waals surface area contributed by atoms with E-state index in [1.807, 2.05) is 0 Å². The van der Waals surface area contributed by atoms with E-state index in [0.717, 1.165) is 6.04 Å². The van der Waals surface area contributed by atoms with Crippen molar-refractivity contribution in [1.29, 1.82) is 0 Å². The Morgan fingerprint density at radius 2 is 1.79 bits per heavy atom. The summed E-state index contributed by atoms with van der Waals surface area (Å²) < 4.78 is 0. The fraction of sp³-hybridized carbons (Fsp3) is 1.00. The van der Waals surface area contributed by atoms with Gasteiger partial charge in [0, 0.05) is 24.7 Å².